The summed E-state index contributed by atoms with van der Waals surface area (Å²) in [5.41, 5.74) is 1.02. The van der Waals surface area contributed by atoms with Crippen LogP contribution in [0, 0.1) is 5.92 Å². The number of hydrogen-bond acceptors (Lipinski definition) is 3. The smallest absolute Gasteiger partial charge is 0.326 e. The van der Waals surface area contributed by atoms with Crippen LogP contribution in [0.4, 0.5) is 0 Å². The van der Waals surface area contributed by atoms with Crippen molar-refractivity contribution in [2.75, 3.05) is 6.54 Å². The summed E-state index contributed by atoms with van der Waals surface area (Å²) >= 11 is 0. The molecule has 2 atom stereocenters. The third-order valence-corrected chi connectivity index (χ3v) is 3.53. The van der Waals surface area contributed by atoms with Gasteiger partial charge in [0.1, 0.15) is 6.04 Å². The number of benzene rings is 1. The Bertz CT molecular complexity index is 530. The van der Waals surface area contributed by atoms with E-state index in [1.54, 1.807) is 0 Å². The van der Waals surface area contributed by atoms with Crippen molar-refractivity contribution in [2.45, 2.75) is 25.3 Å². The van der Waals surface area contributed by atoms with Gasteiger partial charge in [0.2, 0.25) is 11.8 Å². The molecular formula is C15H18N2O4. The second-order valence-electron chi connectivity index (χ2n) is 5.13. The first-order valence-electron chi connectivity index (χ1n) is 6.90. The fraction of sp³-hybridized carbons (Fsp3) is 0.400. The van der Waals surface area contributed by atoms with Gasteiger partial charge in [0.25, 0.3) is 0 Å². The van der Waals surface area contributed by atoms with Crippen LogP contribution in [0.2, 0.25) is 0 Å². The standard InChI is InChI=1S/C15H18N2O4/c18-13-8-11(9-16-13)14(19)17-12(15(20)21)7-6-10-4-2-1-3-5-10/h1-5,11-12H,6-9H2,(H,16,18)(H,17,19)(H,20,21)/t11?,12-/m0/s1. The largest absolute Gasteiger partial charge is 0.480 e. The number of aryl methyl sites for hydroxylation is 1. The van der Waals surface area contributed by atoms with Gasteiger partial charge in [-0.3, -0.25) is 9.59 Å². The molecule has 1 saturated heterocycles. The summed E-state index contributed by atoms with van der Waals surface area (Å²) in [6, 6.07) is 8.57. The van der Waals surface area contributed by atoms with Crippen LogP contribution >= 0.6 is 0 Å². The SMILES string of the molecule is O=C1CC(C(=O)N[C@@H](CCc2ccccc2)C(=O)O)CN1. The summed E-state index contributed by atoms with van der Waals surface area (Å²) in [6.45, 7) is 0.274. The van der Waals surface area contributed by atoms with Crippen molar-refractivity contribution < 1.29 is 19.5 Å². The summed E-state index contributed by atoms with van der Waals surface area (Å²) in [4.78, 5) is 34.3. The molecule has 6 nitrogen and oxygen atoms in total. The number of carbonyl (C=O) groups is 3. The lowest BCUT2D eigenvalue weighted by Gasteiger charge is -2.16. The number of amides is 2. The van der Waals surface area contributed by atoms with Crippen LogP contribution in [0.25, 0.3) is 0 Å². The lowest BCUT2D eigenvalue weighted by Crippen LogP contribution is -2.44. The van der Waals surface area contributed by atoms with E-state index in [1.165, 1.54) is 0 Å². The second-order valence-corrected chi connectivity index (χ2v) is 5.13. The monoisotopic (exact) mass is 290 g/mol. The Balaban J connectivity index is 1.88. The highest BCUT2D eigenvalue weighted by atomic mass is 16.4. The van der Waals surface area contributed by atoms with Crippen molar-refractivity contribution in [3.05, 3.63) is 35.9 Å². The summed E-state index contributed by atoms with van der Waals surface area (Å²) in [6.07, 6.45) is 1.01. The molecule has 3 N–H and O–H groups in total. The third kappa shape index (κ3) is 4.30. The Hall–Kier alpha value is -2.37. The van der Waals surface area contributed by atoms with Crippen LogP contribution in [0.5, 0.6) is 0 Å². The number of carbonyl (C=O) groups excluding carboxylic acids is 2. The predicted octanol–water partition coefficient (Wildman–Crippen LogP) is 0.325. The van der Waals surface area contributed by atoms with Gasteiger partial charge in [0, 0.05) is 13.0 Å². The van der Waals surface area contributed by atoms with E-state index in [0.717, 1.165) is 5.56 Å². The first-order valence-corrected chi connectivity index (χ1v) is 6.90. The summed E-state index contributed by atoms with van der Waals surface area (Å²) in [5, 5.41) is 14.3. The average molecular weight is 290 g/mol. The maximum atomic E-state index is 12.0. The molecule has 0 spiro atoms. The maximum Gasteiger partial charge on any atom is 0.326 e. The van der Waals surface area contributed by atoms with Crippen molar-refractivity contribution >= 4 is 17.8 Å². The zero-order valence-corrected chi connectivity index (χ0v) is 11.5. The van der Waals surface area contributed by atoms with Gasteiger partial charge >= 0.3 is 5.97 Å². The molecule has 0 bridgehead atoms. The molecule has 0 aromatic heterocycles. The molecule has 1 heterocycles. The van der Waals surface area contributed by atoms with Crippen LogP contribution < -0.4 is 10.6 Å². The van der Waals surface area contributed by atoms with E-state index in [2.05, 4.69) is 10.6 Å². The highest BCUT2D eigenvalue weighted by Gasteiger charge is 2.30. The first kappa shape index (κ1) is 15.0. The molecule has 1 fully saturated rings. The van der Waals surface area contributed by atoms with E-state index >= 15 is 0 Å². The maximum absolute atomic E-state index is 12.0. The highest BCUT2D eigenvalue weighted by Crippen LogP contribution is 2.11. The molecule has 1 aliphatic rings. The number of aliphatic carboxylic acids is 1. The van der Waals surface area contributed by atoms with Crippen molar-refractivity contribution in [3.63, 3.8) is 0 Å². The van der Waals surface area contributed by atoms with Gasteiger partial charge in [0.15, 0.2) is 0 Å². The normalized spacial score (nSPS) is 18.9. The second kappa shape index (κ2) is 6.88. The molecule has 1 aromatic carbocycles. The predicted molar refractivity (Wildman–Crippen MR) is 75.4 cm³/mol. The Morgan fingerprint density at radius 3 is 2.62 bits per heavy atom. The topological polar surface area (TPSA) is 95.5 Å². The minimum absolute atomic E-state index is 0.122. The van der Waals surface area contributed by atoms with E-state index in [4.69, 9.17) is 0 Å². The van der Waals surface area contributed by atoms with E-state index in [0.29, 0.717) is 12.8 Å². The molecule has 1 aromatic rings. The number of carboxylic acid groups (broad SMARTS) is 1. The highest BCUT2D eigenvalue weighted by molar-refractivity contribution is 5.91. The zero-order valence-electron chi connectivity index (χ0n) is 11.5. The number of carboxylic acids is 1. The fourth-order valence-electron chi connectivity index (χ4n) is 2.29. The van der Waals surface area contributed by atoms with Gasteiger partial charge in [-0.05, 0) is 18.4 Å². The van der Waals surface area contributed by atoms with Gasteiger partial charge in [-0.1, -0.05) is 30.3 Å². The molecule has 0 aliphatic carbocycles. The van der Waals surface area contributed by atoms with Gasteiger partial charge < -0.3 is 15.7 Å². The Morgan fingerprint density at radius 2 is 2.05 bits per heavy atom. The molecule has 21 heavy (non-hydrogen) atoms. The van der Waals surface area contributed by atoms with E-state index in [-0.39, 0.29) is 24.8 Å². The minimum Gasteiger partial charge on any atom is -0.480 e. The average Bonchev–Trinajstić information content (AvgIpc) is 2.90. The molecule has 6 heteroatoms. The van der Waals surface area contributed by atoms with Crippen LogP contribution in [0.15, 0.2) is 30.3 Å². The van der Waals surface area contributed by atoms with Crippen LogP contribution in [0.1, 0.15) is 18.4 Å². The van der Waals surface area contributed by atoms with Crippen molar-refractivity contribution in [2.24, 2.45) is 5.92 Å². The van der Waals surface area contributed by atoms with Crippen molar-refractivity contribution in [1.82, 2.24) is 10.6 Å². The Morgan fingerprint density at radius 1 is 1.33 bits per heavy atom. The van der Waals surface area contributed by atoms with Gasteiger partial charge in [-0.15, -0.1) is 0 Å². The molecule has 1 unspecified atom stereocenters. The summed E-state index contributed by atoms with van der Waals surface area (Å²) < 4.78 is 0. The quantitative estimate of drug-likeness (QED) is 0.703. The lowest BCUT2D eigenvalue weighted by atomic mass is 10.0. The van der Waals surface area contributed by atoms with Gasteiger partial charge in [-0.2, -0.15) is 0 Å². The number of rotatable bonds is 6. The van der Waals surface area contributed by atoms with E-state index in [9.17, 15) is 19.5 Å². The Kier molecular flexibility index (Phi) is 4.92. The van der Waals surface area contributed by atoms with Crippen LogP contribution in [0.3, 0.4) is 0 Å². The number of hydrogen-bond donors (Lipinski definition) is 3. The van der Waals surface area contributed by atoms with Crippen molar-refractivity contribution in [3.8, 4) is 0 Å². The molecular weight excluding hydrogens is 272 g/mol. The Labute approximate surface area is 122 Å². The fourth-order valence-corrected chi connectivity index (χ4v) is 2.29. The molecule has 0 radical (unpaired) electrons. The van der Waals surface area contributed by atoms with Crippen molar-refractivity contribution in [1.29, 1.82) is 0 Å². The molecule has 112 valence electrons. The van der Waals surface area contributed by atoms with Gasteiger partial charge in [0.05, 0.1) is 5.92 Å². The molecule has 1 aliphatic heterocycles. The van der Waals surface area contributed by atoms with Crippen LogP contribution in [-0.4, -0.2) is 35.5 Å². The van der Waals surface area contributed by atoms with E-state index in [1.807, 2.05) is 30.3 Å². The summed E-state index contributed by atoms with van der Waals surface area (Å²) in [5.74, 6) is -2.09. The first-order chi connectivity index (χ1) is 10.1. The van der Waals surface area contributed by atoms with Gasteiger partial charge in [-0.25, -0.2) is 4.79 Å². The number of nitrogens with one attached hydrogen (secondary N) is 2. The lowest BCUT2D eigenvalue weighted by molar-refractivity contribution is -0.142. The third-order valence-electron chi connectivity index (χ3n) is 3.53. The molecule has 2 rings (SSSR count). The van der Waals surface area contributed by atoms with E-state index < -0.39 is 17.9 Å². The summed E-state index contributed by atoms with van der Waals surface area (Å²) in [7, 11) is 0. The molecule has 2 amide bonds. The zero-order chi connectivity index (χ0) is 15.2. The minimum atomic E-state index is -1.06. The van der Waals surface area contributed by atoms with Crippen LogP contribution in [-0.2, 0) is 20.8 Å². The molecule has 0 saturated carbocycles.